The summed E-state index contributed by atoms with van der Waals surface area (Å²) >= 11 is 0. The van der Waals surface area contributed by atoms with Crippen LogP contribution in [0.4, 0.5) is 5.69 Å². The fourth-order valence-electron chi connectivity index (χ4n) is 3.82. The Morgan fingerprint density at radius 2 is 1.68 bits per heavy atom. The van der Waals surface area contributed by atoms with Gasteiger partial charge >= 0.3 is 0 Å². The Morgan fingerprint density at radius 1 is 1.00 bits per heavy atom. The van der Waals surface area contributed by atoms with Crippen molar-refractivity contribution in [2.24, 2.45) is 5.92 Å². The number of piperazine rings is 1. The molecule has 1 heterocycles. The lowest BCUT2D eigenvalue weighted by molar-refractivity contribution is -0.134. The summed E-state index contributed by atoms with van der Waals surface area (Å²) in [7, 11) is 0. The van der Waals surface area contributed by atoms with Crippen molar-refractivity contribution >= 4 is 17.5 Å². The molecule has 1 aromatic rings. The van der Waals surface area contributed by atoms with Crippen LogP contribution < -0.4 is 5.32 Å². The van der Waals surface area contributed by atoms with E-state index in [9.17, 15) is 9.59 Å². The molecule has 0 aromatic heterocycles. The van der Waals surface area contributed by atoms with Crippen LogP contribution in [-0.2, 0) is 9.59 Å². The molecule has 1 aliphatic heterocycles. The van der Waals surface area contributed by atoms with Gasteiger partial charge in [0.15, 0.2) is 0 Å². The maximum atomic E-state index is 12.4. The van der Waals surface area contributed by atoms with Gasteiger partial charge in [-0.15, -0.1) is 0 Å². The first-order valence-corrected chi connectivity index (χ1v) is 9.56. The van der Waals surface area contributed by atoms with Gasteiger partial charge < -0.3 is 10.2 Å². The van der Waals surface area contributed by atoms with E-state index in [0.29, 0.717) is 18.2 Å². The SMILES string of the molecule is O=C(CCN1CCN(C(=O)CC2CCCC2)CC1)Nc1ccccc1. The Labute approximate surface area is 150 Å². The van der Waals surface area contributed by atoms with E-state index >= 15 is 0 Å². The van der Waals surface area contributed by atoms with Gasteiger partial charge in [-0.3, -0.25) is 14.5 Å². The van der Waals surface area contributed by atoms with Crippen LogP contribution in [0.3, 0.4) is 0 Å². The first-order chi connectivity index (χ1) is 12.2. The van der Waals surface area contributed by atoms with Gasteiger partial charge in [0.2, 0.25) is 11.8 Å². The molecule has 0 bridgehead atoms. The second kappa shape index (κ2) is 8.99. The van der Waals surface area contributed by atoms with E-state index in [2.05, 4.69) is 10.2 Å². The molecule has 1 saturated heterocycles. The number of rotatable bonds is 6. The quantitative estimate of drug-likeness (QED) is 0.864. The molecule has 1 saturated carbocycles. The highest BCUT2D eigenvalue weighted by Gasteiger charge is 2.25. The van der Waals surface area contributed by atoms with Crippen LogP contribution in [0.2, 0.25) is 0 Å². The van der Waals surface area contributed by atoms with Crippen LogP contribution in [0.5, 0.6) is 0 Å². The Hall–Kier alpha value is -1.88. The predicted octanol–water partition coefficient (Wildman–Crippen LogP) is 2.74. The molecule has 1 aliphatic carbocycles. The van der Waals surface area contributed by atoms with Crippen molar-refractivity contribution in [2.75, 3.05) is 38.0 Å². The normalized spacial score (nSPS) is 19.1. The van der Waals surface area contributed by atoms with Crippen LogP contribution in [0.25, 0.3) is 0 Å². The molecule has 136 valence electrons. The molecule has 0 radical (unpaired) electrons. The number of amides is 2. The number of carbonyl (C=O) groups excluding carboxylic acids is 2. The van der Waals surface area contributed by atoms with Gasteiger partial charge in [-0.05, 0) is 30.9 Å². The molecule has 0 spiro atoms. The summed E-state index contributed by atoms with van der Waals surface area (Å²) in [5.41, 5.74) is 0.842. The summed E-state index contributed by atoms with van der Waals surface area (Å²) in [4.78, 5) is 28.7. The first-order valence-electron chi connectivity index (χ1n) is 9.56. The number of anilines is 1. The molecule has 0 unspecified atom stereocenters. The minimum Gasteiger partial charge on any atom is -0.340 e. The standard InChI is InChI=1S/C20H29N3O2/c24-19(21-18-8-2-1-3-9-18)10-11-22-12-14-23(15-13-22)20(25)16-17-6-4-5-7-17/h1-3,8-9,17H,4-7,10-16H2,(H,21,24). The zero-order chi connectivity index (χ0) is 17.5. The molecular formula is C20H29N3O2. The lowest BCUT2D eigenvalue weighted by atomic mass is 10.0. The van der Waals surface area contributed by atoms with Gasteiger partial charge in [0.1, 0.15) is 0 Å². The van der Waals surface area contributed by atoms with Crippen LogP contribution in [-0.4, -0.2) is 54.3 Å². The molecule has 0 atom stereocenters. The lowest BCUT2D eigenvalue weighted by Gasteiger charge is -2.35. The van der Waals surface area contributed by atoms with E-state index < -0.39 is 0 Å². The number of hydrogen-bond acceptors (Lipinski definition) is 3. The number of nitrogens with one attached hydrogen (secondary N) is 1. The average Bonchev–Trinajstić information content (AvgIpc) is 3.14. The summed E-state index contributed by atoms with van der Waals surface area (Å²) < 4.78 is 0. The van der Waals surface area contributed by atoms with Gasteiger partial charge in [0.05, 0.1) is 0 Å². The molecule has 1 N–H and O–H groups in total. The smallest absolute Gasteiger partial charge is 0.225 e. The fraction of sp³-hybridized carbons (Fsp3) is 0.600. The highest BCUT2D eigenvalue weighted by molar-refractivity contribution is 5.90. The zero-order valence-electron chi connectivity index (χ0n) is 15.0. The van der Waals surface area contributed by atoms with Crippen molar-refractivity contribution in [3.8, 4) is 0 Å². The van der Waals surface area contributed by atoms with E-state index in [4.69, 9.17) is 0 Å². The van der Waals surface area contributed by atoms with Crippen LogP contribution >= 0.6 is 0 Å². The number of para-hydroxylation sites is 1. The van der Waals surface area contributed by atoms with Gasteiger partial charge in [0.25, 0.3) is 0 Å². The second-order valence-electron chi connectivity index (χ2n) is 7.24. The first kappa shape index (κ1) is 17.9. The van der Waals surface area contributed by atoms with Crippen molar-refractivity contribution in [2.45, 2.75) is 38.5 Å². The molecular weight excluding hydrogens is 314 g/mol. The Morgan fingerprint density at radius 3 is 2.36 bits per heavy atom. The van der Waals surface area contributed by atoms with Crippen LogP contribution in [0, 0.1) is 5.92 Å². The summed E-state index contributed by atoms with van der Waals surface area (Å²) in [5, 5.41) is 2.92. The minimum atomic E-state index is 0.0472. The zero-order valence-corrected chi connectivity index (χ0v) is 15.0. The Balaban J connectivity index is 1.33. The van der Waals surface area contributed by atoms with Crippen molar-refractivity contribution < 1.29 is 9.59 Å². The Bertz CT molecular complexity index is 562. The largest absolute Gasteiger partial charge is 0.340 e. The maximum absolute atomic E-state index is 12.4. The van der Waals surface area contributed by atoms with E-state index in [0.717, 1.165) is 44.8 Å². The molecule has 2 amide bonds. The predicted molar refractivity (Wildman–Crippen MR) is 99.3 cm³/mol. The van der Waals surface area contributed by atoms with E-state index in [-0.39, 0.29) is 5.91 Å². The monoisotopic (exact) mass is 343 g/mol. The van der Waals surface area contributed by atoms with Crippen molar-refractivity contribution in [1.82, 2.24) is 9.80 Å². The van der Waals surface area contributed by atoms with Crippen LogP contribution in [0.1, 0.15) is 38.5 Å². The van der Waals surface area contributed by atoms with E-state index in [1.165, 1.54) is 25.7 Å². The van der Waals surface area contributed by atoms with Crippen LogP contribution in [0.15, 0.2) is 30.3 Å². The Kier molecular flexibility index (Phi) is 6.45. The average molecular weight is 343 g/mol. The number of nitrogens with zero attached hydrogens (tertiary/aromatic N) is 2. The van der Waals surface area contributed by atoms with Gasteiger partial charge in [-0.1, -0.05) is 31.0 Å². The van der Waals surface area contributed by atoms with Crippen molar-refractivity contribution in [1.29, 1.82) is 0 Å². The van der Waals surface area contributed by atoms with Gasteiger partial charge in [0, 0.05) is 51.3 Å². The third-order valence-electron chi connectivity index (χ3n) is 5.38. The molecule has 2 aliphatic rings. The van der Waals surface area contributed by atoms with Crippen molar-refractivity contribution in [3.63, 3.8) is 0 Å². The van der Waals surface area contributed by atoms with Crippen molar-refractivity contribution in [3.05, 3.63) is 30.3 Å². The van der Waals surface area contributed by atoms with Gasteiger partial charge in [-0.2, -0.15) is 0 Å². The highest BCUT2D eigenvalue weighted by atomic mass is 16.2. The third kappa shape index (κ3) is 5.56. The molecule has 1 aromatic carbocycles. The van der Waals surface area contributed by atoms with E-state index in [1.54, 1.807) is 0 Å². The number of hydrogen-bond donors (Lipinski definition) is 1. The summed E-state index contributed by atoms with van der Waals surface area (Å²) in [6.07, 6.45) is 6.25. The highest BCUT2D eigenvalue weighted by Crippen LogP contribution is 2.28. The third-order valence-corrected chi connectivity index (χ3v) is 5.38. The fourth-order valence-corrected chi connectivity index (χ4v) is 3.82. The molecule has 2 fully saturated rings. The summed E-state index contributed by atoms with van der Waals surface area (Å²) in [6, 6.07) is 9.55. The molecule has 25 heavy (non-hydrogen) atoms. The maximum Gasteiger partial charge on any atom is 0.225 e. The molecule has 5 nitrogen and oxygen atoms in total. The lowest BCUT2D eigenvalue weighted by Crippen LogP contribution is -2.49. The minimum absolute atomic E-state index is 0.0472. The molecule has 3 rings (SSSR count). The topological polar surface area (TPSA) is 52.7 Å². The number of benzene rings is 1. The summed E-state index contributed by atoms with van der Waals surface area (Å²) in [5.74, 6) is 0.992. The van der Waals surface area contributed by atoms with Gasteiger partial charge in [-0.25, -0.2) is 0 Å². The van der Waals surface area contributed by atoms with E-state index in [1.807, 2.05) is 35.2 Å². The second-order valence-corrected chi connectivity index (χ2v) is 7.24. The number of carbonyl (C=O) groups is 2. The molecule has 5 heteroatoms. The summed E-state index contributed by atoms with van der Waals surface area (Å²) in [6.45, 7) is 4.09.